The Bertz CT molecular complexity index is 778. The van der Waals surface area contributed by atoms with E-state index >= 15 is 0 Å². The van der Waals surface area contributed by atoms with E-state index in [1.807, 2.05) is 18.2 Å². The SMILES string of the molecule is CC1Oc2cc[c]c(-c3ccccc3)c2C1c1ccccc1. The Balaban J connectivity index is 1.91. The molecule has 4 rings (SSSR count). The Kier molecular flexibility index (Phi) is 3.19. The average molecular weight is 285 g/mol. The number of benzene rings is 3. The van der Waals surface area contributed by atoms with Crippen molar-refractivity contribution in [2.24, 2.45) is 0 Å². The molecule has 0 aliphatic carbocycles. The summed E-state index contributed by atoms with van der Waals surface area (Å²) >= 11 is 0. The zero-order chi connectivity index (χ0) is 14.9. The lowest BCUT2D eigenvalue weighted by atomic mass is 9.84. The largest absolute Gasteiger partial charge is 0.489 e. The fraction of sp³-hybridized carbons (Fsp3) is 0.143. The lowest BCUT2D eigenvalue weighted by Gasteiger charge is -2.17. The first-order chi connectivity index (χ1) is 10.8. The molecule has 1 aliphatic heterocycles. The van der Waals surface area contributed by atoms with Crippen molar-refractivity contribution in [2.75, 3.05) is 0 Å². The van der Waals surface area contributed by atoms with Crippen molar-refractivity contribution < 1.29 is 4.74 Å². The Labute approximate surface area is 131 Å². The molecule has 1 nitrogen and oxygen atoms in total. The van der Waals surface area contributed by atoms with Gasteiger partial charge >= 0.3 is 0 Å². The quantitative estimate of drug-likeness (QED) is 0.639. The molecule has 0 saturated carbocycles. The van der Waals surface area contributed by atoms with Gasteiger partial charge in [-0.05, 0) is 35.7 Å². The molecule has 0 amide bonds. The molecule has 1 radical (unpaired) electrons. The predicted octanol–water partition coefficient (Wildman–Crippen LogP) is 5.07. The Morgan fingerprint density at radius 1 is 0.864 bits per heavy atom. The van der Waals surface area contributed by atoms with Gasteiger partial charge in [0.05, 0.1) is 0 Å². The molecule has 1 heteroatoms. The fourth-order valence-electron chi connectivity index (χ4n) is 3.35. The van der Waals surface area contributed by atoms with Crippen LogP contribution in [0.1, 0.15) is 24.0 Å². The standard InChI is InChI=1S/C21H17O/c1-15-20(17-11-6-3-7-12-17)21-18(13-8-14-19(21)22-15)16-9-4-2-5-10-16/h2-12,14-15,20H,1H3. The van der Waals surface area contributed by atoms with E-state index in [9.17, 15) is 0 Å². The van der Waals surface area contributed by atoms with E-state index in [0.29, 0.717) is 0 Å². The van der Waals surface area contributed by atoms with Crippen molar-refractivity contribution in [3.05, 3.63) is 90.0 Å². The number of rotatable bonds is 2. The van der Waals surface area contributed by atoms with Crippen LogP contribution in [-0.4, -0.2) is 6.10 Å². The number of hydrogen-bond acceptors (Lipinski definition) is 1. The second-order valence-electron chi connectivity index (χ2n) is 5.71. The van der Waals surface area contributed by atoms with E-state index in [1.54, 1.807) is 0 Å². The Morgan fingerprint density at radius 2 is 1.55 bits per heavy atom. The molecule has 0 fully saturated rings. The molecule has 22 heavy (non-hydrogen) atoms. The van der Waals surface area contributed by atoms with Crippen molar-refractivity contribution in [3.63, 3.8) is 0 Å². The van der Waals surface area contributed by atoms with Gasteiger partial charge in [0.25, 0.3) is 0 Å². The van der Waals surface area contributed by atoms with Gasteiger partial charge in [-0.2, -0.15) is 0 Å². The monoisotopic (exact) mass is 285 g/mol. The van der Waals surface area contributed by atoms with Crippen LogP contribution < -0.4 is 4.74 Å². The fourth-order valence-corrected chi connectivity index (χ4v) is 3.35. The molecule has 0 saturated heterocycles. The molecule has 0 spiro atoms. The molecule has 1 heterocycles. The van der Waals surface area contributed by atoms with E-state index in [-0.39, 0.29) is 12.0 Å². The highest BCUT2D eigenvalue weighted by molar-refractivity contribution is 5.72. The first-order valence-electron chi connectivity index (χ1n) is 7.66. The van der Waals surface area contributed by atoms with E-state index in [4.69, 9.17) is 4.74 Å². The summed E-state index contributed by atoms with van der Waals surface area (Å²) < 4.78 is 6.12. The molecule has 107 valence electrons. The second kappa shape index (κ2) is 5.34. The highest BCUT2D eigenvalue weighted by Crippen LogP contribution is 2.46. The van der Waals surface area contributed by atoms with Crippen molar-refractivity contribution in [1.29, 1.82) is 0 Å². The number of fused-ring (bicyclic) bond motifs is 1. The van der Waals surface area contributed by atoms with Crippen molar-refractivity contribution >= 4 is 0 Å². The zero-order valence-corrected chi connectivity index (χ0v) is 12.5. The van der Waals surface area contributed by atoms with Crippen molar-refractivity contribution in [2.45, 2.75) is 18.9 Å². The minimum atomic E-state index is 0.135. The molecule has 0 N–H and O–H groups in total. The van der Waals surface area contributed by atoms with Gasteiger partial charge in [-0.3, -0.25) is 0 Å². The summed E-state index contributed by atoms with van der Waals surface area (Å²) in [5.74, 6) is 1.24. The summed E-state index contributed by atoms with van der Waals surface area (Å²) in [4.78, 5) is 0. The summed E-state index contributed by atoms with van der Waals surface area (Å²) in [6.45, 7) is 2.15. The van der Waals surface area contributed by atoms with Gasteiger partial charge in [0.2, 0.25) is 0 Å². The molecule has 2 atom stereocenters. The van der Waals surface area contributed by atoms with E-state index in [0.717, 1.165) is 11.3 Å². The van der Waals surface area contributed by atoms with Gasteiger partial charge in [0.1, 0.15) is 11.9 Å². The lowest BCUT2D eigenvalue weighted by Crippen LogP contribution is -2.15. The molecule has 2 unspecified atom stereocenters. The minimum absolute atomic E-state index is 0.135. The molecule has 1 aliphatic rings. The van der Waals surface area contributed by atoms with Gasteiger partial charge in [0, 0.05) is 11.5 Å². The zero-order valence-electron chi connectivity index (χ0n) is 12.5. The third kappa shape index (κ3) is 2.10. The van der Waals surface area contributed by atoms with Crippen LogP contribution in [0.25, 0.3) is 11.1 Å². The van der Waals surface area contributed by atoms with Crippen LogP contribution in [0, 0.1) is 6.07 Å². The summed E-state index contributed by atoms with van der Waals surface area (Å²) in [7, 11) is 0. The van der Waals surface area contributed by atoms with Crippen molar-refractivity contribution in [3.8, 4) is 16.9 Å². The van der Waals surface area contributed by atoms with Gasteiger partial charge in [0.15, 0.2) is 0 Å². The predicted molar refractivity (Wildman–Crippen MR) is 89.1 cm³/mol. The Hall–Kier alpha value is -2.54. The van der Waals surface area contributed by atoms with Crippen LogP contribution in [0.3, 0.4) is 0 Å². The topological polar surface area (TPSA) is 9.23 Å². The summed E-state index contributed by atoms with van der Waals surface area (Å²) in [5, 5.41) is 0. The maximum absolute atomic E-state index is 6.12. The van der Waals surface area contributed by atoms with Crippen LogP contribution in [0.2, 0.25) is 0 Å². The molecular weight excluding hydrogens is 268 g/mol. The van der Waals surface area contributed by atoms with Crippen LogP contribution >= 0.6 is 0 Å². The smallest absolute Gasteiger partial charge is 0.124 e. The normalized spacial score (nSPS) is 19.5. The second-order valence-corrected chi connectivity index (χ2v) is 5.71. The summed E-state index contributed by atoms with van der Waals surface area (Å²) in [6, 6.07) is 28.5. The molecular formula is C21H17O. The van der Waals surface area contributed by atoms with Crippen molar-refractivity contribution in [1.82, 2.24) is 0 Å². The number of hydrogen-bond donors (Lipinski definition) is 0. The van der Waals surface area contributed by atoms with Gasteiger partial charge in [-0.25, -0.2) is 0 Å². The summed E-state index contributed by atoms with van der Waals surface area (Å²) in [6.07, 6.45) is 0.135. The number of ether oxygens (including phenoxy) is 1. The van der Waals surface area contributed by atoms with Gasteiger partial charge in [-0.1, -0.05) is 66.7 Å². The third-order valence-corrected chi connectivity index (χ3v) is 4.31. The first-order valence-corrected chi connectivity index (χ1v) is 7.66. The minimum Gasteiger partial charge on any atom is -0.489 e. The molecule has 0 bridgehead atoms. The first kappa shape index (κ1) is 13.1. The Morgan fingerprint density at radius 3 is 2.27 bits per heavy atom. The molecule has 3 aromatic rings. The third-order valence-electron chi connectivity index (χ3n) is 4.31. The van der Waals surface area contributed by atoms with Crippen LogP contribution in [0.15, 0.2) is 72.8 Å². The van der Waals surface area contributed by atoms with E-state index in [1.165, 1.54) is 16.7 Å². The lowest BCUT2D eigenvalue weighted by molar-refractivity contribution is 0.239. The molecule has 3 aromatic carbocycles. The maximum atomic E-state index is 6.12. The molecule has 0 aromatic heterocycles. The van der Waals surface area contributed by atoms with Crippen LogP contribution in [0.5, 0.6) is 5.75 Å². The summed E-state index contributed by atoms with van der Waals surface area (Å²) in [5.41, 5.74) is 4.90. The highest BCUT2D eigenvalue weighted by Gasteiger charge is 2.34. The van der Waals surface area contributed by atoms with Gasteiger partial charge in [-0.15, -0.1) is 0 Å². The van der Waals surface area contributed by atoms with Crippen LogP contribution in [0.4, 0.5) is 0 Å². The van der Waals surface area contributed by atoms with Gasteiger partial charge < -0.3 is 4.74 Å². The highest BCUT2D eigenvalue weighted by atomic mass is 16.5. The van der Waals surface area contributed by atoms with E-state index < -0.39 is 0 Å². The maximum Gasteiger partial charge on any atom is 0.124 e. The van der Waals surface area contributed by atoms with E-state index in [2.05, 4.69) is 67.6 Å². The average Bonchev–Trinajstić information content (AvgIpc) is 2.92. The van der Waals surface area contributed by atoms with Crippen LogP contribution in [-0.2, 0) is 0 Å².